The molecular formula is C14H21NO5. The molecule has 3 N–H and O–H groups in total. The zero-order valence-corrected chi connectivity index (χ0v) is 12.0. The van der Waals surface area contributed by atoms with Gasteiger partial charge < -0.3 is 25.1 Å². The lowest BCUT2D eigenvalue weighted by molar-refractivity contribution is -0.137. The van der Waals surface area contributed by atoms with Gasteiger partial charge in [-0.3, -0.25) is 4.79 Å². The predicted octanol–water partition coefficient (Wildman–Crippen LogP) is 1.97. The Morgan fingerprint density at radius 2 is 1.85 bits per heavy atom. The van der Waals surface area contributed by atoms with Crippen molar-refractivity contribution in [2.75, 3.05) is 21.3 Å². The molecule has 6 heteroatoms. The molecule has 0 saturated heterocycles. The fourth-order valence-corrected chi connectivity index (χ4v) is 2.05. The Labute approximate surface area is 118 Å². The molecule has 0 amide bonds. The number of carboxylic acids is 1. The summed E-state index contributed by atoms with van der Waals surface area (Å²) in [4.78, 5) is 10.5. The summed E-state index contributed by atoms with van der Waals surface area (Å²) < 4.78 is 15.9. The van der Waals surface area contributed by atoms with E-state index in [1.807, 2.05) is 6.07 Å². The summed E-state index contributed by atoms with van der Waals surface area (Å²) >= 11 is 0. The number of carboxylic acid groups (broad SMARTS) is 1. The number of benzene rings is 1. The number of hydrogen-bond acceptors (Lipinski definition) is 5. The number of nitrogens with two attached hydrogens (primary N) is 1. The van der Waals surface area contributed by atoms with Crippen molar-refractivity contribution in [3.63, 3.8) is 0 Å². The van der Waals surface area contributed by atoms with Crippen LogP contribution in [0.2, 0.25) is 0 Å². The Bertz CT molecular complexity index is 461. The molecule has 6 nitrogen and oxygen atoms in total. The van der Waals surface area contributed by atoms with Crippen LogP contribution >= 0.6 is 0 Å². The van der Waals surface area contributed by atoms with Gasteiger partial charge >= 0.3 is 5.97 Å². The second-order valence-corrected chi connectivity index (χ2v) is 4.32. The van der Waals surface area contributed by atoms with E-state index in [1.165, 1.54) is 14.2 Å². The van der Waals surface area contributed by atoms with Crippen LogP contribution in [0.25, 0.3) is 0 Å². The number of hydrogen-bond donors (Lipinski definition) is 2. The lowest BCUT2D eigenvalue weighted by atomic mass is 10.00. The van der Waals surface area contributed by atoms with Crippen LogP contribution in [-0.4, -0.2) is 32.4 Å². The predicted molar refractivity (Wildman–Crippen MR) is 74.5 cm³/mol. The van der Waals surface area contributed by atoms with Gasteiger partial charge in [0.15, 0.2) is 11.5 Å². The van der Waals surface area contributed by atoms with Gasteiger partial charge in [0, 0.05) is 18.0 Å². The topological polar surface area (TPSA) is 91.0 Å². The number of methoxy groups -OCH3 is 3. The maximum atomic E-state index is 10.5. The van der Waals surface area contributed by atoms with Crippen molar-refractivity contribution in [3.8, 4) is 17.2 Å². The number of carbonyl (C=O) groups is 1. The first-order valence-electron chi connectivity index (χ1n) is 6.31. The van der Waals surface area contributed by atoms with Crippen LogP contribution in [-0.2, 0) is 4.79 Å². The molecule has 1 rings (SSSR count). The standard InChI is InChI=1S/C14H21NO5/c1-18-11-8-7-9(13(19-2)14(11)20-3)10(15)5-4-6-12(16)17/h7-8,10H,4-6,15H2,1-3H3,(H,16,17). The van der Waals surface area contributed by atoms with E-state index in [4.69, 9.17) is 25.1 Å². The Hall–Kier alpha value is -1.95. The second-order valence-electron chi connectivity index (χ2n) is 4.32. The monoisotopic (exact) mass is 283 g/mol. The van der Waals surface area contributed by atoms with Crippen LogP contribution in [0, 0.1) is 0 Å². The molecule has 0 radical (unpaired) electrons. The first kappa shape index (κ1) is 16.1. The van der Waals surface area contributed by atoms with Gasteiger partial charge in [0.2, 0.25) is 5.75 Å². The van der Waals surface area contributed by atoms with E-state index in [1.54, 1.807) is 13.2 Å². The summed E-state index contributed by atoms with van der Waals surface area (Å²) in [5, 5.41) is 8.65. The molecule has 20 heavy (non-hydrogen) atoms. The van der Waals surface area contributed by atoms with Crippen LogP contribution in [0.15, 0.2) is 12.1 Å². The third kappa shape index (κ3) is 3.77. The molecule has 0 spiro atoms. The molecule has 0 aromatic heterocycles. The first-order valence-corrected chi connectivity index (χ1v) is 6.31. The van der Waals surface area contributed by atoms with Gasteiger partial charge in [-0.25, -0.2) is 0 Å². The SMILES string of the molecule is COc1ccc(C(N)CCCC(=O)O)c(OC)c1OC. The van der Waals surface area contributed by atoms with E-state index < -0.39 is 5.97 Å². The summed E-state index contributed by atoms with van der Waals surface area (Å²) in [7, 11) is 4.61. The molecule has 1 aromatic carbocycles. The highest BCUT2D eigenvalue weighted by Gasteiger charge is 2.19. The van der Waals surface area contributed by atoms with Crippen LogP contribution in [0.5, 0.6) is 17.2 Å². The molecule has 112 valence electrons. The Morgan fingerprint density at radius 3 is 2.35 bits per heavy atom. The Morgan fingerprint density at radius 1 is 1.20 bits per heavy atom. The van der Waals surface area contributed by atoms with Crippen LogP contribution < -0.4 is 19.9 Å². The number of rotatable bonds is 8. The van der Waals surface area contributed by atoms with Crippen LogP contribution in [0.4, 0.5) is 0 Å². The minimum Gasteiger partial charge on any atom is -0.493 e. The van der Waals surface area contributed by atoms with Gasteiger partial charge in [-0.1, -0.05) is 0 Å². The summed E-state index contributed by atoms with van der Waals surface area (Å²) in [6.45, 7) is 0. The number of aliphatic carboxylic acids is 1. The zero-order valence-electron chi connectivity index (χ0n) is 12.0. The third-order valence-electron chi connectivity index (χ3n) is 3.04. The largest absolute Gasteiger partial charge is 0.493 e. The van der Waals surface area contributed by atoms with Gasteiger partial charge in [-0.2, -0.15) is 0 Å². The third-order valence-corrected chi connectivity index (χ3v) is 3.04. The highest BCUT2D eigenvalue weighted by atomic mass is 16.5. The lowest BCUT2D eigenvalue weighted by Crippen LogP contribution is -2.13. The van der Waals surface area contributed by atoms with E-state index in [2.05, 4.69) is 0 Å². The highest BCUT2D eigenvalue weighted by Crippen LogP contribution is 2.42. The summed E-state index contributed by atoms with van der Waals surface area (Å²) in [5.74, 6) is 0.748. The fourth-order valence-electron chi connectivity index (χ4n) is 2.05. The quantitative estimate of drug-likeness (QED) is 0.758. The van der Waals surface area contributed by atoms with Crippen molar-refractivity contribution in [2.24, 2.45) is 5.73 Å². The minimum absolute atomic E-state index is 0.101. The minimum atomic E-state index is -0.823. The van der Waals surface area contributed by atoms with Crippen molar-refractivity contribution in [3.05, 3.63) is 17.7 Å². The van der Waals surface area contributed by atoms with Gasteiger partial charge in [0.25, 0.3) is 0 Å². The lowest BCUT2D eigenvalue weighted by Gasteiger charge is -2.19. The molecule has 0 aliphatic carbocycles. The van der Waals surface area contributed by atoms with Crippen molar-refractivity contribution < 1.29 is 24.1 Å². The van der Waals surface area contributed by atoms with Gasteiger partial charge in [-0.05, 0) is 25.0 Å². The smallest absolute Gasteiger partial charge is 0.303 e. The van der Waals surface area contributed by atoms with Crippen molar-refractivity contribution >= 4 is 5.97 Å². The summed E-state index contributed by atoms with van der Waals surface area (Å²) in [5.41, 5.74) is 6.88. The van der Waals surface area contributed by atoms with Crippen LogP contribution in [0.3, 0.4) is 0 Å². The van der Waals surface area contributed by atoms with Crippen molar-refractivity contribution in [1.82, 2.24) is 0 Å². The van der Waals surface area contributed by atoms with E-state index in [0.717, 1.165) is 5.56 Å². The van der Waals surface area contributed by atoms with Gasteiger partial charge in [0.1, 0.15) is 0 Å². The molecule has 0 aliphatic heterocycles. The summed E-state index contributed by atoms with van der Waals surface area (Å²) in [6, 6.07) is 3.25. The normalized spacial score (nSPS) is 11.8. The number of ether oxygens (including phenoxy) is 3. The Kier molecular flexibility index (Phi) is 6.11. The first-order chi connectivity index (χ1) is 9.54. The molecule has 0 fully saturated rings. The average molecular weight is 283 g/mol. The molecule has 0 aliphatic rings. The fraction of sp³-hybridized carbons (Fsp3) is 0.500. The average Bonchev–Trinajstić information content (AvgIpc) is 2.44. The molecule has 1 aromatic rings. The Balaban J connectivity index is 2.96. The molecule has 0 saturated carbocycles. The van der Waals surface area contributed by atoms with E-state index >= 15 is 0 Å². The summed E-state index contributed by atoms with van der Waals surface area (Å²) in [6.07, 6.45) is 1.16. The molecule has 1 atom stereocenters. The van der Waals surface area contributed by atoms with Gasteiger partial charge in [0.05, 0.1) is 21.3 Å². The molecule has 1 unspecified atom stereocenters. The second kappa shape index (κ2) is 7.59. The van der Waals surface area contributed by atoms with Crippen molar-refractivity contribution in [2.45, 2.75) is 25.3 Å². The van der Waals surface area contributed by atoms with Crippen LogP contribution in [0.1, 0.15) is 30.9 Å². The van der Waals surface area contributed by atoms with E-state index in [0.29, 0.717) is 30.1 Å². The molecular weight excluding hydrogens is 262 g/mol. The van der Waals surface area contributed by atoms with Gasteiger partial charge in [-0.15, -0.1) is 0 Å². The maximum absolute atomic E-state index is 10.5. The molecule has 0 bridgehead atoms. The molecule has 0 heterocycles. The zero-order chi connectivity index (χ0) is 15.1. The van der Waals surface area contributed by atoms with E-state index in [9.17, 15) is 4.79 Å². The highest BCUT2D eigenvalue weighted by molar-refractivity contribution is 5.66. The van der Waals surface area contributed by atoms with Crippen molar-refractivity contribution in [1.29, 1.82) is 0 Å². The maximum Gasteiger partial charge on any atom is 0.303 e. The van der Waals surface area contributed by atoms with E-state index in [-0.39, 0.29) is 12.5 Å².